The molecule has 0 radical (unpaired) electrons. The smallest absolute Gasteiger partial charge is 0.301 e. The molecule has 2 aliphatic heterocycles. The Balaban J connectivity index is 1.28. The van der Waals surface area contributed by atoms with E-state index >= 15 is 0 Å². The van der Waals surface area contributed by atoms with Gasteiger partial charge in [0.15, 0.2) is 0 Å². The lowest BCUT2D eigenvalue weighted by molar-refractivity contribution is -0.137. The molecule has 5 nitrogen and oxygen atoms in total. The summed E-state index contributed by atoms with van der Waals surface area (Å²) in [5.41, 5.74) is 4.52. The number of alkyl halides is 3. The minimum absolute atomic E-state index is 0.0392. The van der Waals surface area contributed by atoms with Gasteiger partial charge in [-0.3, -0.25) is 14.6 Å². The average Bonchev–Trinajstić information content (AvgIpc) is 3.81. The normalized spacial score (nSPS) is 14.9. The zero-order valence-corrected chi connectivity index (χ0v) is 18.8. The number of benzene rings is 3. The van der Waals surface area contributed by atoms with Crippen LogP contribution >= 0.6 is 0 Å². The quantitative estimate of drug-likeness (QED) is 0.336. The summed E-state index contributed by atoms with van der Waals surface area (Å²) >= 11 is 0. The van der Waals surface area contributed by atoms with E-state index in [2.05, 4.69) is 4.98 Å². The molecule has 1 aromatic heterocycles. The van der Waals surface area contributed by atoms with E-state index in [4.69, 9.17) is 0 Å². The number of aromatic nitrogens is 1. The molecular formula is C28H18F3N3O2. The number of rotatable bonds is 5. The fourth-order valence-corrected chi connectivity index (χ4v) is 4.28. The molecule has 3 aromatic carbocycles. The highest BCUT2D eigenvalue weighted by Gasteiger charge is 2.36. The minimum atomic E-state index is -4.46. The molecule has 4 aromatic rings. The third-order valence-electron chi connectivity index (χ3n) is 6.33. The van der Waals surface area contributed by atoms with Crippen LogP contribution in [0.5, 0.6) is 0 Å². The maximum Gasteiger partial charge on any atom is 0.417 e. The van der Waals surface area contributed by atoms with Crippen LogP contribution in [0.15, 0.2) is 85.1 Å². The van der Waals surface area contributed by atoms with Crippen molar-refractivity contribution in [2.75, 3.05) is 22.9 Å². The highest BCUT2D eigenvalue weighted by molar-refractivity contribution is 6.15. The number of anilines is 2. The molecule has 2 saturated heterocycles. The number of carbonyl (C=O) groups excluding carboxylic acids is 2. The molecule has 2 fully saturated rings. The van der Waals surface area contributed by atoms with Crippen molar-refractivity contribution in [3.63, 3.8) is 0 Å². The second kappa shape index (κ2) is 8.05. The molecular weight excluding hydrogens is 467 g/mol. The summed E-state index contributed by atoms with van der Waals surface area (Å²) in [4.78, 5) is 30.9. The first kappa shape index (κ1) is 22.0. The number of amides is 2. The van der Waals surface area contributed by atoms with E-state index in [1.807, 2.05) is 42.5 Å². The van der Waals surface area contributed by atoms with Crippen LogP contribution in [0.2, 0.25) is 0 Å². The third kappa shape index (κ3) is 4.11. The highest BCUT2D eigenvalue weighted by atomic mass is 19.4. The average molecular weight is 485 g/mol. The van der Waals surface area contributed by atoms with Crippen LogP contribution < -0.4 is 9.80 Å². The summed E-state index contributed by atoms with van der Waals surface area (Å²) in [5.74, 6) is 0.0822. The maximum atomic E-state index is 13.4. The SMILES string of the molecule is O=C1CN1c1cc(-c2ccc(-c3ccc(-c4ccccc4C(F)(F)F)nc3)cc2)cc(N2CC2=O)c1. The number of pyridine rings is 1. The van der Waals surface area contributed by atoms with E-state index in [-0.39, 0.29) is 23.1 Å². The minimum Gasteiger partial charge on any atom is -0.301 e. The number of hydrogen-bond donors (Lipinski definition) is 0. The Kier molecular flexibility index (Phi) is 4.93. The fourth-order valence-electron chi connectivity index (χ4n) is 4.28. The van der Waals surface area contributed by atoms with Gasteiger partial charge < -0.3 is 9.80 Å². The van der Waals surface area contributed by atoms with Crippen molar-refractivity contribution in [3.8, 4) is 33.5 Å². The van der Waals surface area contributed by atoms with Crippen molar-refractivity contribution >= 4 is 23.2 Å². The van der Waals surface area contributed by atoms with E-state index in [0.717, 1.165) is 39.7 Å². The first-order chi connectivity index (χ1) is 17.3. The lowest BCUT2D eigenvalue weighted by Crippen LogP contribution is -2.07. The van der Waals surface area contributed by atoms with Crippen LogP contribution in [-0.4, -0.2) is 29.9 Å². The topological polar surface area (TPSA) is 53.0 Å². The van der Waals surface area contributed by atoms with Gasteiger partial charge in [-0.15, -0.1) is 0 Å². The second-order valence-corrected chi connectivity index (χ2v) is 8.75. The predicted molar refractivity (Wildman–Crippen MR) is 130 cm³/mol. The lowest BCUT2D eigenvalue weighted by atomic mass is 9.99. The molecule has 0 bridgehead atoms. The van der Waals surface area contributed by atoms with Crippen molar-refractivity contribution in [3.05, 3.63) is 90.6 Å². The number of hydrogen-bond acceptors (Lipinski definition) is 3. The van der Waals surface area contributed by atoms with Crippen molar-refractivity contribution < 1.29 is 22.8 Å². The summed E-state index contributed by atoms with van der Waals surface area (Å²) < 4.78 is 40.1. The fraction of sp³-hybridized carbons (Fsp3) is 0.107. The van der Waals surface area contributed by atoms with Crippen LogP contribution in [0.1, 0.15) is 5.56 Å². The molecule has 3 heterocycles. The van der Waals surface area contributed by atoms with Gasteiger partial charge in [-0.05, 0) is 47.0 Å². The van der Waals surface area contributed by atoms with Gasteiger partial charge in [0.25, 0.3) is 0 Å². The lowest BCUT2D eigenvalue weighted by Gasteiger charge is -2.13. The first-order valence-electron chi connectivity index (χ1n) is 11.3. The summed E-state index contributed by atoms with van der Waals surface area (Å²) in [6, 6.07) is 22.1. The van der Waals surface area contributed by atoms with Gasteiger partial charge >= 0.3 is 6.18 Å². The van der Waals surface area contributed by atoms with Crippen molar-refractivity contribution in [2.24, 2.45) is 0 Å². The van der Waals surface area contributed by atoms with Gasteiger partial charge in [0.2, 0.25) is 11.8 Å². The Morgan fingerprint density at radius 3 is 1.69 bits per heavy atom. The molecule has 0 N–H and O–H groups in total. The highest BCUT2D eigenvalue weighted by Crippen LogP contribution is 2.38. The Morgan fingerprint density at radius 2 is 1.19 bits per heavy atom. The zero-order valence-electron chi connectivity index (χ0n) is 18.8. The zero-order chi connectivity index (χ0) is 25.0. The van der Waals surface area contributed by atoms with Crippen LogP contribution in [0.3, 0.4) is 0 Å². The summed E-state index contributed by atoms with van der Waals surface area (Å²) in [5, 5.41) is 0. The van der Waals surface area contributed by atoms with Gasteiger partial charge in [0.05, 0.1) is 11.3 Å². The molecule has 6 rings (SSSR count). The standard InChI is InChI=1S/C28H18F3N3O2/c29-28(30,31)24-4-2-1-3-23(24)25-10-9-19(14-32-25)17-5-7-18(8-6-17)20-11-21(33-15-26(33)35)13-22(12-20)34-16-27(34)36/h1-14H,15-16H2. The number of halogens is 3. The summed E-state index contributed by atoms with van der Waals surface area (Å²) in [6.07, 6.45) is -2.90. The van der Waals surface area contributed by atoms with Gasteiger partial charge in [-0.25, -0.2) is 0 Å². The van der Waals surface area contributed by atoms with E-state index < -0.39 is 11.7 Å². The first-order valence-corrected chi connectivity index (χ1v) is 11.3. The molecule has 0 unspecified atom stereocenters. The molecule has 0 saturated carbocycles. The van der Waals surface area contributed by atoms with Crippen LogP contribution in [0.4, 0.5) is 24.5 Å². The molecule has 2 amide bonds. The molecule has 2 aliphatic rings. The maximum absolute atomic E-state index is 13.4. The Morgan fingerprint density at radius 1 is 0.667 bits per heavy atom. The van der Waals surface area contributed by atoms with E-state index in [9.17, 15) is 22.8 Å². The van der Waals surface area contributed by atoms with E-state index in [1.54, 1.807) is 34.2 Å². The largest absolute Gasteiger partial charge is 0.417 e. The van der Waals surface area contributed by atoms with Crippen LogP contribution in [0.25, 0.3) is 33.5 Å². The Hall–Kier alpha value is -4.46. The molecule has 0 aliphatic carbocycles. The summed E-state index contributed by atoms with van der Waals surface area (Å²) in [7, 11) is 0. The summed E-state index contributed by atoms with van der Waals surface area (Å²) in [6.45, 7) is 0.735. The third-order valence-corrected chi connectivity index (χ3v) is 6.33. The predicted octanol–water partition coefficient (Wildman–Crippen LogP) is 5.79. The van der Waals surface area contributed by atoms with Crippen LogP contribution in [-0.2, 0) is 15.8 Å². The van der Waals surface area contributed by atoms with Crippen molar-refractivity contribution in [2.45, 2.75) is 6.18 Å². The van der Waals surface area contributed by atoms with E-state index in [0.29, 0.717) is 13.1 Å². The molecule has 178 valence electrons. The van der Waals surface area contributed by atoms with Crippen molar-refractivity contribution in [1.29, 1.82) is 0 Å². The van der Waals surface area contributed by atoms with E-state index in [1.165, 1.54) is 12.1 Å². The van der Waals surface area contributed by atoms with Gasteiger partial charge in [-0.2, -0.15) is 13.2 Å². The monoisotopic (exact) mass is 485 g/mol. The van der Waals surface area contributed by atoms with Gasteiger partial charge in [-0.1, -0.05) is 48.5 Å². The van der Waals surface area contributed by atoms with Gasteiger partial charge in [0, 0.05) is 28.7 Å². The second-order valence-electron chi connectivity index (χ2n) is 8.75. The number of carbonyl (C=O) groups is 2. The van der Waals surface area contributed by atoms with Crippen molar-refractivity contribution in [1.82, 2.24) is 4.98 Å². The van der Waals surface area contributed by atoms with Gasteiger partial charge in [0.1, 0.15) is 13.1 Å². The molecule has 0 spiro atoms. The molecule has 0 atom stereocenters. The Labute approximate surface area is 204 Å². The molecule has 36 heavy (non-hydrogen) atoms. The number of nitrogens with zero attached hydrogens (tertiary/aromatic N) is 3. The molecule has 8 heteroatoms. The van der Waals surface area contributed by atoms with Crippen LogP contribution in [0, 0.1) is 0 Å². The Bertz CT molecular complexity index is 1470.